The topological polar surface area (TPSA) is 101 Å². The Labute approximate surface area is 167 Å². The Kier molecular flexibility index (Phi) is 6.51. The van der Waals surface area contributed by atoms with Crippen molar-refractivity contribution < 1.29 is 26.7 Å². The fraction of sp³-hybridized carbons (Fsp3) is 0.684. The summed E-state index contributed by atoms with van der Waals surface area (Å²) in [5, 5.41) is 10.0. The van der Waals surface area contributed by atoms with Gasteiger partial charge in [-0.15, -0.1) is 0 Å². The highest BCUT2D eigenvalue weighted by molar-refractivity contribution is 7.90. The maximum Gasteiger partial charge on any atom is 0.243 e. The zero-order valence-corrected chi connectivity index (χ0v) is 17.8. The molecule has 2 saturated heterocycles. The first kappa shape index (κ1) is 21.7. The molecule has 2 heterocycles. The summed E-state index contributed by atoms with van der Waals surface area (Å²) in [7, 11) is -7.06. The number of sulfone groups is 1. The van der Waals surface area contributed by atoms with Gasteiger partial charge in [-0.3, -0.25) is 0 Å². The normalized spacial score (nSPS) is 24.1. The van der Waals surface area contributed by atoms with E-state index in [-0.39, 0.29) is 27.9 Å². The summed E-state index contributed by atoms with van der Waals surface area (Å²) in [6.45, 7) is 1.47. The number of nitrogens with zero attached hydrogens (tertiary/aromatic N) is 1. The van der Waals surface area contributed by atoms with Gasteiger partial charge >= 0.3 is 0 Å². The van der Waals surface area contributed by atoms with Gasteiger partial charge in [0.25, 0.3) is 0 Å². The highest BCUT2D eigenvalue weighted by Gasteiger charge is 2.40. The van der Waals surface area contributed by atoms with Gasteiger partial charge in [-0.25, -0.2) is 16.8 Å². The molecule has 1 aromatic rings. The van der Waals surface area contributed by atoms with E-state index in [2.05, 4.69) is 0 Å². The van der Waals surface area contributed by atoms with Gasteiger partial charge in [0.1, 0.15) is 0 Å². The third kappa shape index (κ3) is 4.76. The van der Waals surface area contributed by atoms with Gasteiger partial charge in [0.2, 0.25) is 10.0 Å². The molecule has 0 spiro atoms. The van der Waals surface area contributed by atoms with Crippen LogP contribution in [0.15, 0.2) is 34.1 Å². The lowest BCUT2D eigenvalue weighted by Crippen LogP contribution is -2.46. The van der Waals surface area contributed by atoms with E-state index >= 15 is 0 Å². The standard InChI is InChI=1S/C19H29NO6S2/c1-27(22,23)17-5-7-18(8-6-17)28(24,25)20-11-9-19(15-21,10-12-20)14-16-4-2-3-13-26-16/h5-8,16,21H,2-4,9-15H2,1H3/t16-/m0/s1. The summed E-state index contributed by atoms with van der Waals surface area (Å²) in [4.78, 5) is 0.184. The van der Waals surface area contributed by atoms with E-state index < -0.39 is 19.9 Å². The van der Waals surface area contributed by atoms with Gasteiger partial charge in [-0.2, -0.15) is 4.31 Å². The average molecular weight is 432 g/mol. The number of aliphatic hydroxyl groups is 1. The fourth-order valence-corrected chi connectivity index (χ4v) is 6.16. The Morgan fingerprint density at radius 1 is 1.07 bits per heavy atom. The Hall–Kier alpha value is -1.00. The number of piperidine rings is 1. The monoisotopic (exact) mass is 431 g/mol. The Bertz CT molecular complexity index is 866. The molecule has 0 saturated carbocycles. The summed E-state index contributed by atoms with van der Waals surface area (Å²) in [6, 6.07) is 5.33. The minimum Gasteiger partial charge on any atom is -0.396 e. The molecule has 158 valence electrons. The van der Waals surface area contributed by atoms with Gasteiger partial charge < -0.3 is 9.84 Å². The molecule has 2 aliphatic rings. The molecule has 0 aromatic heterocycles. The molecule has 0 amide bonds. The molecule has 2 fully saturated rings. The van der Waals surface area contributed by atoms with E-state index in [9.17, 15) is 21.9 Å². The average Bonchev–Trinajstić information content (AvgIpc) is 2.68. The molecular formula is C19H29NO6S2. The molecule has 9 heteroatoms. The Morgan fingerprint density at radius 3 is 2.18 bits per heavy atom. The van der Waals surface area contributed by atoms with Crippen LogP contribution in [0.2, 0.25) is 0 Å². The molecular weight excluding hydrogens is 402 g/mol. The molecule has 1 atom stereocenters. The highest BCUT2D eigenvalue weighted by atomic mass is 32.2. The molecule has 0 radical (unpaired) electrons. The van der Waals surface area contributed by atoms with E-state index in [0.29, 0.717) is 25.9 Å². The smallest absolute Gasteiger partial charge is 0.243 e. The van der Waals surface area contributed by atoms with Crippen molar-refractivity contribution in [3.63, 3.8) is 0 Å². The van der Waals surface area contributed by atoms with Crippen LogP contribution in [0.25, 0.3) is 0 Å². The number of sulfonamides is 1. The number of benzene rings is 1. The molecule has 0 aliphatic carbocycles. The van der Waals surface area contributed by atoms with Crippen LogP contribution in [-0.4, -0.2) is 64.9 Å². The van der Waals surface area contributed by atoms with Crippen molar-refractivity contribution >= 4 is 19.9 Å². The second kappa shape index (κ2) is 8.39. The zero-order chi connectivity index (χ0) is 20.4. The summed E-state index contributed by atoms with van der Waals surface area (Å²) in [5.74, 6) is 0. The number of rotatable bonds is 6. The fourth-order valence-electron chi connectivity index (χ4n) is 4.09. The molecule has 0 unspecified atom stereocenters. The van der Waals surface area contributed by atoms with Crippen LogP contribution in [0, 0.1) is 5.41 Å². The van der Waals surface area contributed by atoms with E-state index in [1.54, 1.807) is 0 Å². The SMILES string of the molecule is CS(=O)(=O)c1ccc(S(=O)(=O)N2CCC(CO)(C[C@@H]3CCCCO3)CC2)cc1. The Morgan fingerprint density at radius 2 is 1.68 bits per heavy atom. The molecule has 3 rings (SSSR count). The van der Waals surface area contributed by atoms with Crippen LogP contribution in [0.3, 0.4) is 0 Å². The number of hydrogen-bond donors (Lipinski definition) is 1. The lowest BCUT2D eigenvalue weighted by molar-refractivity contribution is -0.0421. The largest absolute Gasteiger partial charge is 0.396 e. The van der Waals surface area contributed by atoms with Crippen LogP contribution in [0.4, 0.5) is 0 Å². The van der Waals surface area contributed by atoms with Crippen molar-refractivity contribution in [1.29, 1.82) is 0 Å². The van der Waals surface area contributed by atoms with Crippen LogP contribution in [-0.2, 0) is 24.6 Å². The first-order valence-corrected chi connectivity index (χ1v) is 13.0. The van der Waals surface area contributed by atoms with Gasteiger partial charge in [-0.05, 0) is 68.2 Å². The van der Waals surface area contributed by atoms with Crippen LogP contribution < -0.4 is 0 Å². The third-order valence-corrected chi connectivity index (χ3v) is 8.98. The number of ether oxygens (including phenoxy) is 1. The van der Waals surface area contributed by atoms with Gasteiger partial charge in [0.05, 0.1) is 15.9 Å². The second-order valence-corrected chi connectivity index (χ2v) is 12.0. The molecule has 7 nitrogen and oxygen atoms in total. The van der Waals surface area contributed by atoms with Crippen molar-refractivity contribution in [3.8, 4) is 0 Å². The third-order valence-electron chi connectivity index (χ3n) is 5.94. The summed E-state index contributed by atoms with van der Waals surface area (Å²) < 4.78 is 56.2. The predicted molar refractivity (Wildman–Crippen MR) is 105 cm³/mol. The van der Waals surface area contributed by atoms with Gasteiger partial charge in [0.15, 0.2) is 9.84 Å². The summed E-state index contributed by atoms with van der Waals surface area (Å²) in [6.07, 6.45) is 6.38. The van der Waals surface area contributed by atoms with E-state index in [1.165, 1.54) is 28.6 Å². The van der Waals surface area contributed by atoms with Crippen molar-refractivity contribution in [2.75, 3.05) is 32.6 Å². The van der Waals surface area contributed by atoms with Crippen molar-refractivity contribution in [3.05, 3.63) is 24.3 Å². The molecule has 1 aromatic carbocycles. The second-order valence-electron chi connectivity index (χ2n) is 8.00. The maximum atomic E-state index is 12.9. The first-order chi connectivity index (χ1) is 13.2. The van der Waals surface area contributed by atoms with E-state index in [4.69, 9.17) is 4.74 Å². The maximum absolute atomic E-state index is 12.9. The van der Waals surface area contributed by atoms with Crippen molar-refractivity contribution in [1.82, 2.24) is 4.31 Å². The Balaban J connectivity index is 1.68. The lowest BCUT2D eigenvalue weighted by atomic mass is 9.74. The van der Waals surface area contributed by atoms with Crippen molar-refractivity contribution in [2.24, 2.45) is 5.41 Å². The number of aliphatic hydroxyl groups excluding tert-OH is 1. The highest BCUT2D eigenvalue weighted by Crippen LogP contribution is 2.39. The molecule has 0 bridgehead atoms. The van der Waals surface area contributed by atoms with Crippen molar-refractivity contribution in [2.45, 2.75) is 54.4 Å². The summed E-state index contributed by atoms with van der Waals surface area (Å²) >= 11 is 0. The van der Waals surface area contributed by atoms with Gasteiger partial charge in [-0.1, -0.05) is 0 Å². The predicted octanol–water partition coefficient (Wildman–Crippen LogP) is 1.81. The molecule has 28 heavy (non-hydrogen) atoms. The zero-order valence-electron chi connectivity index (χ0n) is 16.2. The minimum absolute atomic E-state index is 0.0316. The van der Waals surface area contributed by atoms with E-state index in [1.807, 2.05) is 0 Å². The van der Waals surface area contributed by atoms with Crippen LogP contribution in [0.1, 0.15) is 38.5 Å². The molecule has 1 N–H and O–H groups in total. The molecule has 2 aliphatic heterocycles. The minimum atomic E-state index is -3.69. The quantitative estimate of drug-likeness (QED) is 0.737. The lowest BCUT2D eigenvalue weighted by Gasteiger charge is -2.42. The van der Waals surface area contributed by atoms with Crippen LogP contribution in [0.5, 0.6) is 0 Å². The summed E-state index contributed by atoms with van der Waals surface area (Å²) in [5.41, 5.74) is -0.297. The van der Waals surface area contributed by atoms with Crippen LogP contribution >= 0.6 is 0 Å². The van der Waals surface area contributed by atoms with Gasteiger partial charge in [0, 0.05) is 32.6 Å². The van der Waals surface area contributed by atoms with E-state index in [0.717, 1.165) is 38.5 Å². The first-order valence-electron chi connectivity index (χ1n) is 9.69. The number of hydrogen-bond acceptors (Lipinski definition) is 6.